The normalized spacial score (nSPS) is 27.2. The Balaban J connectivity index is 2.05. The average molecular weight is 484 g/mol. The molecule has 0 aromatic carbocycles. The Morgan fingerprint density at radius 1 is 1.24 bits per heavy atom. The number of nitrogens with one attached hydrogen (secondary N) is 1. The van der Waals surface area contributed by atoms with Crippen molar-refractivity contribution < 1.29 is 57.6 Å². The first-order chi connectivity index (χ1) is 13.6. The van der Waals surface area contributed by atoms with Crippen molar-refractivity contribution in [3.8, 4) is 0 Å². The Morgan fingerprint density at radius 2 is 1.90 bits per heavy atom. The third kappa shape index (κ3) is 7.03. The second-order valence-electron chi connectivity index (χ2n) is 5.64. The topological polar surface area (TPSA) is 244 Å². The number of nitrogens with zero attached hydrogens (tertiary/aromatic N) is 1. The molecule has 29 heavy (non-hydrogen) atoms. The van der Waals surface area contributed by atoms with Crippen molar-refractivity contribution >= 4 is 23.5 Å². The largest absolute Gasteiger partial charge is 0.490 e. The van der Waals surface area contributed by atoms with Crippen LogP contribution in [0.2, 0.25) is 0 Å². The number of phosphoric ester groups is 1. The first kappa shape index (κ1) is 22.7. The number of H-pyrrole nitrogens is 1. The minimum absolute atomic E-state index is 0.0654. The fourth-order valence-electron chi connectivity index (χ4n) is 2.25. The maximum atomic E-state index is 11.9. The molecule has 5 atom stereocenters. The van der Waals surface area contributed by atoms with Crippen LogP contribution in [-0.4, -0.2) is 53.0 Å². The summed E-state index contributed by atoms with van der Waals surface area (Å²) in [6.45, 7) is -1.36. The molecule has 6 N–H and O–H groups in total. The molecule has 0 amide bonds. The molecular weight excluding hydrogens is 465 g/mol. The van der Waals surface area contributed by atoms with E-state index in [1.807, 2.05) is 4.98 Å². The van der Waals surface area contributed by atoms with Crippen LogP contribution >= 0.6 is 23.5 Å². The number of aliphatic hydroxyl groups excluding tert-OH is 1. The van der Waals surface area contributed by atoms with Gasteiger partial charge in [0.1, 0.15) is 12.3 Å². The van der Waals surface area contributed by atoms with Crippen molar-refractivity contribution in [2.75, 3.05) is 6.61 Å². The molecular formula is C10H17N2O14P3. The van der Waals surface area contributed by atoms with Crippen LogP contribution in [-0.2, 0) is 31.6 Å². The highest BCUT2D eigenvalue weighted by molar-refractivity contribution is 7.66. The van der Waals surface area contributed by atoms with E-state index in [4.69, 9.17) is 20.8 Å². The fourth-order valence-corrected chi connectivity index (χ4v) is 5.28. The molecule has 2 rings (SSSR count). The summed E-state index contributed by atoms with van der Waals surface area (Å²) in [6, 6.07) is 0. The third-order valence-corrected chi connectivity index (χ3v) is 7.18. The zero-order valence-electron chi connectivity index (χ0n) is 15.1. The van der Waals surface area contributed by atoms with E-state index in [1.165, 1.54) is 0 Å². The number of ether oxygens (including phenoxy) is 1. The molecule has 0 spiro atoms. The summed E-state index contributed by atoms with van der Waals surface area (Å²) in [5.41, 5.74) is -1.73. The van der Waals surface area contributed by atoms with Crippen molar-refractivity contribution in [3.05, 3.63) is 32.6 Å². The Kier molecular flexibility index (Phi) is 6.75. The van der Waals surface area contributed by atoms with Gasteiger partial charge in [0.25, 0.3) is 5.56 Å². The van der Waals surface area contributed by atoms with Gasteiger partial charge in [-0.1, -0.05) is 0 Å². The van der Waals surface area contributed by atoms with Crippen molar-refractivity contribution in [3.63, 3.8) is 0 Å². The van der Waals surface area contributed by atoms with Gasteiger partial charge in [-0.25, -0.2) is 18.5 Å². The highest BCUT2D eigenvalue weighted by Gasteiger charge is 2.42. The van der Waals surface area contributed by atoms with E-state index in [0.717, 1.165) is 10.8 Å². The van der Waals surface area contributed by atoms with Crippen LogP contribution in [0.15, 0.2) is 15.8 Å². The van der Waals surface area contributed by atoms with Gasteiger partial charge >= 0.3 is 29.2 Å². The molecule has 1 aliphatic rings. The number of hydrogen-bond donors (Lipinski definition) is 6. The van der Waals surface area contributed by atoms with Gasteiger partial charge in [0.2, 0.25) is 0 Å². The second kappa shape index (κ2) is 8.63. The summed E-state index contributed by atoms with van der Waals surface area (Å²) in [5.74, 6) is 0. The molecule has 2 unspecified atom stereocenters. The smallest absolute Gasteiger partial charge is 0.390 e. The lowest BCUT2D eigenvalue weighted by atomic mass is 10.2. The van der Waals surface area contributed by atoms with E-state index in [2.05, 4.69) is 13.1 Å². The zero-order chi connectivity index (χ0) is 22.9. The molecule has 166 valence electrons. The molecule has 2 heterocycles. The molecule has 0 bridgehead atoms. The van der Waals surface area contributed by atoms with Gasteiger partial charge in [-0.3, -0.25) is 18.9 Å². The van der Waals surface area contributed by atoms with Crippen molar-refractivity contribution in [2.24, 2.45) is 0 Å². The summed E-state index contributed by atoms with van der Waals surface area (Å²) < 4.78 is 58.4. The number of aryl methyl sites for hydroxylation is 1. The number of aromatic nitrogens is 2. The van der Waals surface area contributed by atoms with E-state index < -0.39 is 66.7 Å². The maximum absolute atomic E-state index is 11.9. The maximum Gasteiger partial charge on any atom is 0.490 e. The van der Waals surface area contributed by atoms with E-state index in [-0.39, 0.29) is 12.0 Å². The highest BCUT2D eigenvalue weighted by atomic mass is 31.3. The standard InChI is InChI=1S/C10H17N2O14P3/c1-5-3-12(10(15)11-9(5)14)8-2-6(13)7(24-8)4-23-28(19,20)26-29(21,22)25-27(16,17)18/h3,6-8,13H,2,4H2,1H3,(H,19,20)(H,21,22)(H,11,14,15)(H2,16,17,18)/t6-,7+,8+/m0/s1/i1T. The molecule has 1 fully saturated rings. The Labute approximate surface area is 162 Å². The van der Waals surface area contributed by atoms with Gasteiger partial charge in [0, 0.05) is 19.6 Å². The molecule has 16 nitrogen and oxygen atoms in total. The Hall–Kier alpha value is -0.990. The molecule has 0 aliphatic carbocycles. The van der Waals surface area contributed by atoms with Gasteiger partial charge in [-0.15, -0.1) is 0 Å². The molecule has 1 saturated heterocycles. The molecule has 1 aromatic heterocycles. The minimum atomic E-state index is -5.69. The third-order valence-electron chi connectivity index (χ3n) is 3.37. The van der Waals surface area contributed by atoms with Crippen LogP contribution in [0.4, 0.5) is 0 Å². The second-order valence-corrected chi connectivity index (χ2v) is 10.1. The van der Waals surface area contributed by atoms with Gasteiger partial charge < -0.3 is 29.4 Å². The summed E-state index contributed by atoms with van der Waals surface area (Å²) >= 11 is 0. The lowest BCUT2D eigenvalue weighted by Gasteiger charge is -2.19. The lowest BCUT2D eigenvalue weighted by Crippen LogP contribution is -2.33. The number of hydrogen-bond acceptors (Lipinski definition) is 10. The summed E-state index contributed by atoms with van der Waals surface area (Å²) in [4.78, 5) is 60.8. The van der Waals surface area contributed by atoms with Crippen molar-refractivity contribution in [1.82, 2.24) is 9.55 Å². The number of aliphatic hydroxyl groups is 1. The predicted octanol–water partition coefficient (Wildman–Crippen LogP) is -1.16. The van der Waals surface area contributed by atoms with Gasteiger partial charge in [0.15, 0.2) is 0 Å². The van der Waals surface area contributed by atoms with Crippen molar-refractivity contribution in [1.29, 1.82) is 0 Å². The quantitative estimate of drug-likeness (QED) is 0.238. The minimum Gasteiger partial charge on any atom is -0.390 e. The highest BCUT2D eigenvalue weighted by Crippen LogP contribution is 2.66. The number of rotatable bonds is 8. The zero-order valence-corrected chi connectivity index (χ0v) is 16.8. The molecule has 1 aromatic rings. The lowest BCUT2D eigenvalue weighted by molar-refractivity contribution is -0.0450. The SMILES string of the molecule is [3H]Cc1cn([C@H]2C[C@H](O)[C@@H](COP(=O)(O)OP(=O)(O)OP(=O)(O)O)O2)c(=O)[nH]c1=O. The van der Waals surface area contributed by atoms with Crippen LogP contribution in [0, 0.1) is 6.90 Å². The van der Waals surface area contributed by atoms with E-state index in [1.54, 1.807) is 0 Å². The van der Waals surface area contributed by atoms with E-state index in [9.17, 15) is 33.3 Å². The molecule has 0 radical (unpaired) electrons. The summed E-state index contributed by atoms with van der Waals surface area (Å²) in [5, 5.41) is 10.0. The van der Waals surface area contributed by atoms with Crippen LogP contribution in [0.1, 0.15) is 19.6 Å². The van der Waals surface area contributed by atoms with Gasteiger partial charge in [-0.05, 0) is 6.90 Å². The molecule has 19 heteroatoms. The van der Waals surface area contributed by atoms with E-state index >= 15 is 0 Å². The fraction of sp³-hybridized carbons (Fsp3) is 0.600. The van der Waals surface area contributed by atoms with Crippen LogP contribution in [0.3, 0.4) is 0 Å². The van der Waals surface area contributed by atoms with Gasteiger partial charge in [0.05, 0.1) is 12.7 Å². The Bertz CT molecular complexity index is 1030. The Morgan fingerprint density at radius 3 is 2.48 bits per heavy atom. The monoisotopic (exact) mass is 484 g/mol. The summed E-state index contributed by atoms with van der Waals surface area (Å²) in [6.07, 6.45) is -3.03. The average Bonchev–Trinajstić information content (AvgIpc) is 2.90. The van der Waals surface area contributed by atoms with E-state index in [0.29, 0.717) is 0 Å². The summed E-state index contributed by atoms with van der Waals surface area (Å²) in [7, 11) is -16.6. The first-order valence-corrected chi connectivity index (χ1v) is 11.9. The molecule has 1 aliphatic heterocycles. The number of phosphoric acid groups is 3. The van der Waals surface area contributed by atoms with Gasteiger partial charge in [-0.2, -0.15) is 8.62 Å². The van der Waals surface area contributed by atoms with Crippen LogP contribution in [0.25, 0.3) is 0 Å². The van der Waals surface area contributed by atoms with Crippen molar-refractivity contribution in [2.45, 2.75) is 31.8 Å². The first-order valence-electron chi connectivity index (χ1n) is 8.08. The number of aromatic amines is 1. The molecule has 0 saturated carbocycles. The van der Waals surface area contributed by atoms with Crippen LogP contribution in [0.5, 0.6) is 0 Å². The van der Waals surface area contributed by atoms with Crippen LogP contribution < -0.4 is 11.2 Å². The predicted molar refractivity (Wildman–Crippen MR) is 90.4 cm³/mol.